The molecule has 0 atom stereocenters. The summed E-state index contributed by atoms with van der Waals surface area (Å²) >= 11 is 21.4. The molecular formula is C47H32Cl3NS. The van der Waals surface area contributed by atoms with E-state index in [1.165, 1.54) is 27.1 Å². The van der Waals surface area contributed by atoms with Crippen molar-refractivity contribution in [3.8, 4) is 0 Å². The maximum atomic E-state index is 6.71. The normalized spacial score (nSPS) is 11.9. The molecule has 0 saturated carbocycles. The lowest BCUT2D eigenvalue weighted by atomic mass is 9.97. The Kier molecular flexibility index (Phi) is 9.73. The molecule has 8 aromatic rings. The number of benzene rings is 7. The van der Waals surface area contributed by atoms with E-state index in [-0.39, 0.29) is 0 Å². The van der Waals surface area contributed by atoms with Crippen LogP contribution in [0, 0.1) is 6.92 Å². The number of fused-ring (bicyclic) bond motifs is 2. The Hall–Kier alpha value is -5.09. The zero-order valence-electron chi connectivity index (χ0n) is 28.2. The van der Waals surface area contributed by atoms with Crippen LogP contribution in [0.15, 0.2) is 158 Å². The Labute approximate surface area is 323 Å². The van der Waals surface area contributed by atoms with Crippen molar-refractivity contribution in [3.05, 3.63) is 205 Å². The van der Waals surface area contributed by atoms with Gasteiger partial charge in [-0.1, -0.05) is 150 Å². The quantitative estimate of drug-likeness (QED) is 0.150. The lowest BCUT2D eigenvalue weighted by molar-refractivity contribution is 1.29. The summed E-state index contributed by atoms with van der Waals surface area (Å²) < 4.78 is 0. The fraction of sp³-hybridized carbons (Fsp3) is 0.0213. The molecule has 0 saturated heterocycles. The van der Waals surface area contributed by atoms with Crippen molar-refractivity contribution < 1.29 is 0 Å². The van der Waals surface area contributed by atoms with Gasteiger partial charge in [-0.05, 0) is 101 Å². The molecule has 8 rings (SSSR count). The van der Waals surface area contributed by atoms with E-state index in [0.29, 0.717) is 15.1 Å². The molecule has 5 heteroatoms. The number of rotatable bonds is 8. The molecule has 7 aromatic carbocycles. The minimum atomic E-state index is 0.507. The first-order valence-electron chi connectivity index (χ1n) is 17.0. The van der Waals surface area contributed by atoms with Gasteiger partial charge in [0, 0.05) is 36.8 Å². The van der Waals surface area contributed by atoms with Crippen LogP contribution in [0.1, 0.15) is 32.0 Å². The third-order valence-corrected chi connectivity index (χ3v) is 11.1. The first kappa shape index (κ1) is 34.0. The third-order valence-electron chi connectivity index (χ3n) is 9.25. The highest BCUT2D eigenvalue weighted by molar-refractivity contribution is 7.13. The molecular weight excluding hydrogens is 717 g/mol. The number of hydrogen-bond acceptors (Lipinski definition) is 2. The van der Waals surface area contributed by atoms with Gasteiger partial charge >= 0.3 is 0 Å². The van der Waals surface area contributed by atoms with Crippen molar-refractivity contribution in [3.63, 3.8) is 0 Å². The zero-order valence-corrected chi connectivity index (χ0v) is 31.3. The lowest BCUT2D eigenvalue weighted by Crippen LogP contribution is -2.11. The van der Waals surface area contributed by atoms with Crippen LogP contribution in [0.3, 0.4) is 0 Å². The molecule has 1 nitrogen and oxygen atoms in total. The van der Waals surface area contributed by atoms with E-state index in [1.54, 1.807) is 23.5 Å². The van der Waals surface area contributed by atoms with E-state index >= 15 is 0 Å². The summed E-state index contributed by atoms with van der Waals surface area (Å²) in [4.78, 5) is 4.63. The van der Waals surface area contributed by atoms with Gasteiger partial charge in [-0.2, -0.15) is 0 Å². The average molecular weight is 749 g/mol. The molecule has 0 spiro atoms. The van der Waals surface area contributed by atoms with Gasteiger partial charge in [0.15, 0.2) is 0 Å². The summed E-state index contributed by atoms with van der Waals surface area (Å²) in [6.07, 6.45) is 6.53. The Bertz CT molecular complexity index is 2520. The Balaban J connectivity index is 1.15. The standard InChI is InChI=1S/C47H32Cl3NS/c1-31-27-37(51(45-19-9-15-33-13-5-7-17-40(33)45)46-20-10-16-34-14-6-8-18-41(34)46)23-21-32(31)22-24-38-25-26-39(52-38)30-42(35-11-3-2-4-12-35)47-43(49)28-36(48)29-44(47)50/h2-30H,1H3. The number of nitrogens with zero attached hydrogens (tertiary/aromatic N) is 1. The molecule has 0 aliphatic heterocycles. The van der Waals surface area contributed by atoms with Crippen LogP contribution >= 0.6 is 46.1 Å². The van der Waals surface area contributed by atoms with Crippen molar-refractivity contribution in [2.24, 2.45) is 0 Å². The van der Waals surface area contributed by atoms with Crippen LogP contribution in [0.25, 0.3) is 45.3 Å². The molecule has 0 amide bonds. The second-order valence-electron chi connectivity index (χ2n) is 12.6. The molecule has 1 heterocycles. The monoisotopic (exact) mass is 747 g/mol. The van der Waals surface area contributed by atoms with Crippen molar-refractivity contribution >= 4 is 109 Å². The van der Waals surface area contributed by atoms with Gasteiger partial charge in [-0.25, -0.2) is 0 Å². The van der Waals surface area contributed by atoms with E-state index in [0.717, 1.165) is 49.1 Å². The van der Waals surface area contributed by atoms with Crippen LogP contribution in [0.4, 0.5) is 17.1 Å². The van der Waals surface area contributed by atoms with E-state index < -0.39 is 0 Å². The predicted molar refractivity (Wildman–Crippen MR) is 229 cm³/mol. The summed E-state index contributed by atoms with van der Waals surface area (Å²) in [5.74, 6) is 0. The highest BCUT2D eigenvalue weighted by Gasteiger charge is 2.19. The maximum Gasteiger partial charge on any atom is 0.0540 e. The second kappa shape index (κ2) is 14.9. The molecule has 52 heavy (non-hydrogen) atoms. The molecule has 0 aliphatic carbocycles. The number of thiophene rings is 1. The number of anilines is 3. The van der Waals surface area contributed by atoms with Crippen molar-refractivity contribution in [2.75, 3.05) is 4.90 Å². The minimum absolute atomic E-state index is 0.507. The Morgan fingerprint density at radius 1 is 0.558 bits per heavy atom. The fourth-order valence-corrected chi connectivity index (χ4v) is 8.65. The topological polar surface area (TPSA) is 3.24 Å². The van der Waals surface area contributed by atoms with Crippen LogP contribution in [-0.2, 0) is 0 Å². The molecule has 0 bridgehead atoms. The zero-order chi connectivity index (χ0) is 35.6. The van der Waals surface area contributed by atoms with Gasteiger partial charge in [0.05, 0.1) is 21.4 Å². The van der Waals surface area contributed by atoms with Gasteiger partial charge in [0.2, 0.25) is 0 Å². The molecule has 0 unspecified atom stereocenters. The van der Waals surface area contributed by atoms with Gasteiger partial charge in [-0.15, -0.1) is 11.3 Å². The number of halogens is 3. The highest BCUT2D eigenvalue weighted by Crippen LogP contribution is 2.43. The fourth-order valence-electron chi connectivity index (χ4n) is 6.77. The van der Waals surface area contributed by atoms with Crippen molar-refractivity contribution in [2.45, 2.75) is 6.92 Å². The van der Waals surface area contributed by atoms with Gasteiger partial charge in [0.25, 0.3) is 0 Å². The third kappa shape index (κ3) is 6.91. The first-order chi connectivity index (χ1) is 25.4. The van der Waals surface area contributed by atoms with Crippen molar-refractivity contribution in [1.29, 1.82) is 0 Å². The van der Waals surface area contributed by atoms with E-state index in [4.69, 9.17) is 34.8 Å². The van der Waals surface area contributed by atoms with E-state index in [1.807, 2.05) is 18.2 Å². The van der Waals surface area contributed by atoms with Gasteiger partial charge in [-0.3, -0.25) is 0 Å². The maximum absolute atomic E-state index is 6.71. The van der Waals surface area contributed by atoms with Gasteiger partial charge < -0.3 is 4.90 Å². The van der Waals surface area contributed by atoms with E-state index in [9.17, 15) is 0 Å². The lowest BCUT2D eigenvalue weighted by Gasteiger charge is -2.28. The van der Waals surface area contributed by atoms with Crippen molar-refractivity contribution in [1.82, 2.24) is 0 Å². The highest BCUT2D eigenvalue weighted by atomic mass is 35.5. The predicted octanol–water partition coefficient (Wildman–Crippen LogP) is 15.6. The Morgan fingerprint density at radius 2 is 1.13 bits per heavy atom. The average Bonchev–Trinajstić information content (AvgIpc) is 3.61. The summed E-state index contributed by atoms with van der Waals surface area (Å²) in [6.45, 7) is 2.18. The SMILES string of the molecule is Cc1cc(N(c2cccc3ccccc23)c2cccc3ccccc23)ccc1C=Cc1ccc(C=C(c2ccccc2)c2c(Cl)cc(Cl)cc2Cl)s1. The van der Waals surface area contributed by atoms with Crippen LogP contribution in [0.2, 0.25) is 15.1 Å². The summed E-state index contributed by atoms with van der Waals surface area (Å²) in [5.41, 5.74) is 8.48. The van der Waals surface area contributed by atoms with Gasteiger partial charge in [0.1, 0.15) is 0 Å². The molecule has 0 radical (unpaired) electrons. The molecule has 0 aliphatic rings. The van der Waals surface area contributed by atoms with Crippen LogP contribution < -0.4 is 4.90 Å². The van der Waals surface area contributed by atoms with Crippen LogP contribution in [0.5, 0.6) is 0 Å². The molecule has 1 aromatic heterocycles. The molecule has 0 fully saturated rings. The number of hydrogen-bond donors (Lipinski definition) is 0. The minimum Gasteiger partial charge on any atom is -0.309 e. The second-order valence-corrected chi connectivity index (χ2v) is 15.0. The van der Waals surface area contributed by atoms with E-state index in [2.05, 4.69) is 157 Å². The Morgan fingerprint density at radius 3 is 1.77 bits per heavy atom. The number of aryl methyl sites for hydroxylation is 1. The smallest absolute Gasteiger partial charge is 0.0540 e. The van der Waals surface area contributed by atoms with Crippen LogP contribution in [-0.4, -0.2) is 0 Å². The summed E-state index contributed by atoms with van der Waals surface area (Å²) in [5, 5.41) is 6.37. The largest absolute Gasteiger partial charge is 0.309 e. The summed E-state index contributed by atoms with van der Waals surface area (Å²) in [7, 11) is 0. The summed E-state index contributed by atoms with van der Waals surface area (Å²) in [6, 6.07) is 54.9. The first-order valence-corrected chi connectivity index (χ1v) is 18.9. The molecule has 0 N–H and O–H groups in total. The molecule has 252 valence electrons.